The van der Waals surface area contributed by atoms with Crippen LogP contribution in [0.1, 0.15) is 31.4 Å². The van der Waals surface area contributed by atoms with Crippen molar-refractivity contribution in [2.75, 3.05) is 7.11 Å². The fourth-order valence-electron chi connectivity index (χ4n) is 2.14. The number of hydrogen-bond acceptors (Lipinski definition) is 3. The SMILES string of the molecule is COc1ccc(C(O)C2CCC(C)O2)c(Cl)c1. The van der Waals surface area contributed by atoms with Crippen LogP contribution < -0.4 is 4.74 Å². The first-order valence-corrected chi connectivity index (χ1v) is 6.16. The van der Waals surface area contributed by atoms with E-state index in [1.54, 1.807) is 25.3 Å². The maximum atomic E-state index is 10.2. The van der Waals surface area contributed by atoms with Crippen molar-refractivity contribution in [3.05, 3.63) is 28.8 Å². The molecule has 1 heterocycles. The molecule has 0 radical (unpaired) electrons. The number of aliphatic hydroxyl groups excluding tert-OH is 1. The third-order valence-electron chi connectivity index (χ3n) is 3.14. The number of hydrogen-bond donors (Lipinski definition) is 1. The number of aliphatic hydroxyl groups is 1. The summed E-state index contributed by atoms with van der Waals surface area (Å²) >= 11 is 6.12. The van der Waals surface area contributed by atoms with Crippen molar-refractivity contribution in [3.63, 3.8) is 0 Å². The first-order chi connectivity index (χ1) is 8.11. The molecule has 1 aliphatic heterocycles. The van der Waals surface area contributed by atoms with Gasteiger partial charge < -0.3 is 14.6 Å². The molecule has 0 spiro atoms. The van der Waals surface area contributed by atoms with Gasteiger partial charge in [0.25, 0.3) is 0 Å². The summed E-state index contributed by atoms with van der Waals surface area (Å²) in [5.41, 5.74) is 0.701. The number of methoxy groups -OCH3 is 1. The van der Waals surface area contributed by atoms with Gasteiger partial charge in [0.15, 0.2) is 0 Å². The van der Waals surface area contributed by atoms with Crippen LogP contribution in [-0.2, 0) is 4.74 Å². The minimum atomic E-state index is -0.668. The quantitative estimate of drug-likeness (QED) is 0.904. The minimum Gasteiger partial charge on any atom is -0.497 e. The van der Waals surface area contributed by atoms with E-state index in [-0.39, 0.29) is 12.2 Å². The molecule has 0 saturated carbocycles. The van der Waals surface area contributed by atoms with E-state index in [2.05, 4.69) is 0 Å². The molecule has 1 aromatic carbocycles. The first-order valence-electron chi connectivity index (χ1n) is 5.78. The normalized spacial score (nSPS) is 25.9. The second-order valence-corrected chi connectivity index (χ2v) is 4.80. The molecule has 0 amide bonds. The molecule has 94 valence electrons. The molecule has 1 fully saturated rings. The van der Waals surface area contributed by atoms with Gasteiger partial charge in [-0.15, -0.1) is 0 Å². The molecular weight excluding hydrogens is 240 g/mol. The number of halogens is 1. The highest BCUT2D eigenvalue weighted by molar-refractivity contribution is 6.31. The topological polar surface area (TPSA) is 38.7 Å². The van der Waals surface area contributed by atoms with Gasteiger partial charge in [-0.2, -0.15) is 0 Å². The first kappa shape index (κ1) is 12.7. The van der Waals surface area contributed by atoms with Gasteiger partial charge in [-0.1, -0.05) is 17.7 Å². The summed E-state index contributed by atoms with van der Waals surface area (Å²) in [5.74, 6) is 0.687. The van der Waals surface area contributed by atoms with E-state index < -0.39 is 6.10 Å². The highest BCUT2D eigenvalue weighted by atomic mass is 35.5. The largest absolute Gasteiger partial charge is 0.497 e. The Morgan fingerprint density at radius 3 is 2.76 bits per heavy atom. The zero-order chi connectivity index (χ0) is 12.4. The second-order valence-electron chi connectivity index (χ2n) is 4.39. The van der Waals surface area contributed by atoms with Gasteiger partial charge in [0.1, 0.15) is 11.9 Å². The fraction of sp³-hybridized carbons (Fsp3) is 0.538. The van der Waals surface area contributed by atoms with Crippen LogP contribution >= 0.6 is 11.6 Å². The Morgan fingerprint density at radius 2 is 2.24 bits per heavy atom. The number of rotatable bonds is 3. The lowest BCUT2D eigenvalue weighted by Gasteiger charge is -2.20. The van der Waals surface area contributed by atoms with Crippen LogP contribution in [0.4, 0.5) is 0 Å². The van der Waals surface area contributed by atoms with Crippen LogP contribution in [0.25, 0.3) is 0 Å². The molecule has 3 atom stereocenters. The van der Waals surface area contributed by atoms with Gasteiger partial charge in [0, 0.05) is 5.56 Å². The number of ether oxygens (including phenoxy) is 2. The summed E-state index contributed by atoms with van der Waals surface area (Å²) in [7, 11) is 1.59. The average molecular weight is 257 g/mol. The molecular formula is C13H17ClO3. The van der Waals surface area contributed by atoms with Crippen LogP contribution in [0.15, 0.2) is 18.2 Å². The molecule has 3 nitrogen and oxygen atoms in total. The van der Waals surface area contributed by atoms with Crippen LogP contribution in [0.2, 0.25) is 5.02 Å². The Morgan fingerprint density at radius 1 is 1.47 bits per heavy atom. The third-order valence-corrected chi connectivity index (χ3v) is 3.47. The Labute approximate surface area is 106 Å². The van der Waals surface area contributed by atoms with Crippen molar-refractivity contribution >= 4 is 11.6 Å². The second kappa shape index (κ2) is 5.25. The van der Waals surface area contributed by atoms with E-state index in [1.807, 2.05) is 6.92 Å². The van der Waals surface area contributed by atoms with Crippen molar-refractivity contribution in [1.82, 2.24) is 0 Å². The lowest BCUT2D eigenvalue weighted by Crippen LogP contribution is -2.18. The van der Waals surface area contributed by atoms with E-state index >= 15 is 0 Å². The molecule has 4 heteroatoms. The smallest absolute Gasteiger partial charge is 0.120 e. The van der Waals surface area contributed by atoms with E-state index in [9.17, 15) is 5.11 Å². The number of benzene rings is 1. The van der Waals surface area contributed by atoms with Gasteiger partial charge >= 0.3 is 0 Å². The van der Waals surface area contributed by atoms with Gasteiger partial charge in [0.05, 0.1) is 24.3 Å². The lowest BCUT2D eigenvalue weighted by atomic mass is 10.0. The summed E-state index contributed by atoms with van der Waals surface area (Å²) in [6, 6.07) is 5.29. The molecule has 1 N–H and O–H groups in total. The van der Waals surface area contributed by atoms with Gasteiger partial charge in [-0.05, 0) is 31.9 Å². The fourth-order valence-corrected chi connectivity index (χ4v) is 2.42. The van der Waals surface area contributed by atoms with Gasteiger partial charge in [-0.25, -0.2) is 0 Å². The predicted molar refractivity (Wildman–Crippen MR) is 66.5 cm³/mol. The molecule has 17 heavy (non-hydrogen) atoms. The standard InChI is InChI=1S/C13H17ClO3/c1-8-3-6-12(17-8)13(15)10-5-4-9(16-2)7-11(10)14/h4-5,7-8,12-13,15H,3,6H2,1-2H3. The van der Waals surface area contributed by atoms with Crippen molar-refractivity contribution < 1.29 is 14.6 Å². The summed E-state index contributed by atoms with van der Waals surface area (Å²) in [6.07, 6.45) is 1.24. The highest BCUT2D eigenvalue weighted by Gasteiger charge is 2.30. The summed E-state index contributed by atoms with van der Waals surface area (Å²) in [4.78, 5) is 0. The maximum absolute atomic E-state index is 10.2. The van der Waals surface area contributed by atoms with E-state index in [0.29, 0.717) is 16.3 Å². The molecule has 1 aromatic rings. The molecule has 0 aromatic heterocycles. The Hall–Kier alpha value is -0.770. The molecule has 3 unspecified atom stereocenters. The summed E-state index contributed by atoms with van der Waals surface area (Å²) in [6.45, 7) is 2.02. The Kier molecular flexibility index (Phi) is 3.92. The summed E-state index contributed by atoms with van der Waals surface area (Å²) in [5, 5.41) is 10.7. The Bertz CT molecular complexity index is 394. The maximum Gasteiger partial charge on any atom is 0.120 e. The third kappa shape index (κ3) is 2.73. The minimum absolute atomic E-state index is 0.157. The summed E-state index contributed by atoms with van der Waals surface area (Å²) < 4.78 is 10.7. The molecule has 0 bridgehead atoms. The van der Waals surface area contributed by atoms with Crippen LogP contribution in [0.5, 0.6) is 5.75 Å². The van der Waals surface area contributed by atoms with Crippen molar-refractivity contribution in [1.29, 1.82) is 0 Å². The molecule has 1 aliphatic rings. The average Bonchev–Trinajstić information content (AvgIpc) is 2.75. The zero-order valence-corrected chi connectivity index (χ0v) is 10.8. The van der Waals surface area contributed by atoms with Crippen molar-refractivity contribution in [2.24, 2.45) is 0 Å². The monoisotopic (exact) mass is 256 g/mol. The van der Waals surface area contributed by atoms with E-state index in [1.165, 1.54) is 0 Å². The van der Waals surface area contributed by atoms with Gasteiger partial charge in [-0.3, -0.25) is 0 Å². The predicted octanol–water partition coefficient (Wildman–Crippen LogP) is 2.95. The van der Waals surface area contributed by atoms with E-state index in [4.69, 9.17) is 21.1 Å². The Balaban J connectivity index is 2.16. The van der Waals surface area contributed by atoms with Crippen LogP contribution in [-0.4, -0.2) is 24.4 Å². The van der Waals surface area contributed by atoms with E-state index in [0.717, 1.165) is 12.8 Å². The zero-order valence-electron chi connectivity index (χ0n) is 10.0. The molecule has 1 saturated heterocycles. The van der Waals surface area contributed by atoms with Crippen molar-refractivity contribution in [2.45, 2.75) is 38.1 Å². The van der Waals surface area contributed by atoms with Crippen LogP contribution in [0.3, 0.4) is 0 Å². The van der Waals surface area contributed by atoms with Crippen molar-refractivity contribution in [3.8, 4) is 5.75 Å². The highest BCUT2D eigenvalue weighted by Crippen LogP contribution is 2.34. The molecule has 2 rings (SSSR count). The lowest BCUT2D eigenvalue weighted by molar-refractivity contribution is -0.0297. The van der Waals surface area contributed by atoms with Crippen LogP contribution in [0, 0.1) is 0 Å². The molecule has 0 aliphatic carbocycles. The van der Waals surface area contributed by atoms with Gasteiger partial charge in [0.2, 0.25) is 0 Å².